The molecule has 0 aliphatic heterocycles. The number of anilines is 1. The van der Waals surface area contributed by atoms with E-state index < -0.39 is 0 Å². The first-order valence-electron chi connectivity index (χ1n) is 6.82. The van der Waals surface area contributed by atoms with Crippen LogP contribution in [0.2, 0.25) is 5.02 Å². The van der Waals surface area contributed by atoms with E-state index in [1.807, 2.05) is 60.3 Å². The summed E-state index contributed by atoms with van der Waals surface area (Å²) in [6.45, 7) is 2.73. The second-order valence-electron chi connectivity index (χ2n) is 4.90. The van der Waals surface area contributed by atoms with Crippen LogP contribution in [0.5, 0.6) is 0 Å². The fourth-order valence-electron chi connectivity index (χ4n) is 2.18. The number of halogens is 1. The predicted octanol–water partition coefficient (Wildman–Crippen LogP) is 4.45. The lowest BCUT2D eigenvalue weighted by molar-refractivity contribution is 0.879. The zero-order valence-electron chi connectivity index (χ0n) is 11.8. The average molecular weight is 298 g/mol. The van der Waals surface area contributed by atoms with Gasteiger partial charge in [-0.05, 0) is 42.3 Å². The number of nitrogens with one attached hydrogen (secondary N) is 1. The van der Waals surface area contributed by atoms with Gasteiger partial charge in [0.05, 0.1) is 11.4 Å². The summed E-state index contributed by atoms with van der Waals surface area (Å²) in [5.41, 5.74) is 4.32. The Morgan fingerprint density at radius 3 is 2.76 bits per heavy atom. The third-order valence-electron chi connectivity index (χ3n) is 3.37. The Balaban J connectivity index is 1.81. The quantitative estimate of drug-likeness (QED) is 0.771. The van der Waals surface area contributed by atoms with Gasteiger partial charge in [0.25, 0.3) is 0 Å². The largest absolute Gasteiger partial charge is 0.379 e. The molecule has 4 heteroatoms. The summed E-state index contributed by atoms with van der Waals surface area (Å²) in [5.74, 6) is 0. The van der Waals surface area contributed by atoms with Gasteiger partial charge in [-0.1, -0.05) is 35.9 Å². The van der Waals surface area contributed by atoms with Crippen molar-refractivity contribution >= 4 is 17.3 Å². The molecule has 0 unspecified atom stereocenters. The van der Waals surface area contributed by atoms with Gasteiger partial charge in [0.2, 0.25) is 0 Å². The summed E-state index contributed by atoms with van der Waals surface area (Å²) >= 11 is 6.17. The molecular formula is C17H16ClN3. The second kappa shape index (κ2) is 6.02. The normalized spacial score (nSPS) is 10.6. The van der Waals surface area contributed by atoms with Crippen molar-refractivity contribution in [2.45, 2.75) is 13.5 Å². The molecule has 0 aliphatic rings. The van der Waals surface area contributed by atoms with Crippen LogP contribution in [0, 0.1) is 6.92 Å². The van der Waals surface area contributed by atoms with Crippen molar-refractivity contribution < 1.29 is 0 Å². The Morgan fingerprint density at radius 2 is 2.00 bits per heavy atom. The Kier molecular flexibility index (Phi) is 3.93. The van der Waals surface area contributed by atoms with Crippen LogP contribution in [0.3, 0.4) is 0 Å². The van der Waals surface area contributed by atoms with Gasteiger partial charge in [-0.2, -0.15) is 5.10 Å². The lowest BCUT2D eigenvalue weighted by Crippen LogP contribution is -2.04. The Labute approximate surface area is 129 Å². The van der Waals surface area contributed by atoms with E-state index in [0.717, 1.165) is 34.1 Å². The van der Waals surface area contributed by atoms with Crippen LogP contribution < -0.4 is 5.32 Å². The minimum Gasteiger partial charge on any atom is -0.379 e. The summed E-state index contributed by atoms with van der Waals surface area (Å²) in [7, 11) is 0. The summed E-state index contributed by atoms with van der Waals surface area (Å²) in [6, 6.07) is 16.1. The summed E-state index contributed by atoms with van der Waals surface area (Å²) < 4.78 is 1.85. The first kappa shape index (κ1) is 13.7. The topological polar surface area (TPSA) is 29.9 Å². The van der Waals surface area contributed by atoms with Gasteiger partial charge in [-0.15, -0.1) is 0 Å². The lowest BCUT2D eigenvalue weighted by Gasteiger charge is -2.12. The van der Waals surface area contributed by atoms with Crippen molar-refractivity contribution in [2.75, 3.05) is 5.32 Å². The number of aryl methyl sites for hydroxylation is 1. The Morgan fingerprint density at radius 1 is 1.14 bits per heavy atom. The van der Waals surface area contributed by atoms with Crippen LogP contribution in [-0.2, 0) is 6.54 Å². The number of benzene rings is 2. The molecule has 0 saturated carbocycles. The molecule has 1 heterocycles. The van der Waals surface area contributed by atoms with E-state index in [0.29, 0.717) is 0 Å². The predicted molar refractivity (Wildman–Crippen MR) is 87.1 cm³/mol. The zero-order chi connectivity index (χ0) is 14.7. The van der Waals surface area contributed by atoms with Crippen molar-refractivity contribution in [1.29, 1.82) is 0 Å². The van der Waals surface area contributed by atoms with E-state index in [-0.39, 0.29) is 0 Å². The highest BCUT2D eigenvalue weighted by Crippen LogP contribution is 2.21. The zero-order valence-corrected chi connectivity index (χ0v) is 12.5. The molecule has 0 bridgehead atoms. The minimum absolute atomic E-state index is 0.721. The third-order valence-corrected chi connectivity index (χ3v) is 3.78. The van der Waals surface area contributed by atoms with E-state index in [1.54, 1.807) is 6.20 Å². The molecule has 0 atom stereocenters. The van der Waals surface area contributed by atoms with E-state index in [9.17, 15) is 0 Å². The number of hydrogen-bond acceptors (Lipinski definition) is 2. The summed E-state index contributed by atoms with van der Waals surface area (Å²) in [4.78, 5) is 0. The van der Waals surface area contributed by atoms with Crippen LogP contribution in [0.15, 0.2) is 60.9 Å². The van der Waals surface area contributed by atoms with Crippen molar-refractivity contribution in [2.24, 2.45) is 0 Å². The Hall–Kier alpha value is -2.26. The van der Waals surface area contributed by atoms with Crippen molar-refractivity contribution in [3.8, 4) is 5.69 Å². The molecule has 3 rings (SSSR count). The fraction of sp³-hybridized carbons (Fsp3) is 0.118. The van der Waals surface area contributed by atoms with Gasteiger partial charge in [0.15, 0.2) is 0 Å². The maximum absolute atomic E-state index is 6.17. The van der Waals surface area contributed by atoms with Crippen LogP contribution in [0.1, 0.15) is 11.1 Å². The molecule has 21 heavy (non-hydrogen) atoms. The van der Waals surface area contributed by atoms with E-state index in [4.69, 9.17) is 11.6 Å². The highest BCUT2D eigenvalue weighted by atomic mass is 35.5. The molecule has 0 amide bonds. The molecule has 3 nitrogen and oxygen atoms in total. The molecule has 106 valence electrons. The number of rotatable bonds is 4. The molecule has 1 N–H and O–H groups in total. The molecule has 0 fully saturated rings. The first-order chi connectivity index (χ1) is 10.2. The van der Waals surface area contributed by atoms with Crippen molar-refractivity contribution in [3.05, 3.63) is 77.1 Å². The van der Waals surface area contributed by atoms with Gasteiger partial charge in [-0.25, -0.2) is 4.68 Å². The summed E-state index contributed by atoms with van der Waals surface area (Å²) in [5, 5.41) is 8.53. The van der Waals surface area contributed by atoms with Gasteiger partial charge in [-0.3, -0.25) is 0 Å². The number of nitrogens with zero attached hydrogens (tertiary/aromatic N) is 2. The van der Waals surface area contributed by atoms with E-state index in [1.165, 1.54) is 0 Å². The van der Waals surface area contributed by atoms with Crippen molar-refractivity contribution in [1.82, 2.24) is 9.78 Å². The first-order valence-corrected chi connectivity index (χ1v) is 7.20. The van der Waals surface area contributed by atoms with Gasteiger partial charge >= 0.3 is 0 Å². The standard InChI is InChI=1S/C17H16ClN3/c1-13-7-8-14(11-15(13)18)12-19-16-5-2-3-6-17(16)21-10-4-9-20-21/h2-11,19H,12H2,1H3. The van der Waals surface area contributed by atoms with E-state index >= 15 is 0 Å². The molecule has 0 radical (unpaired) electrons. The average Bonchev–Trinajstić information content (AvgIpc) is 3.03. The highest BCUT2D eigenvalue weighted by Gasteiger charge is 2.04. The summed E-state index contributed by atoms with van der Waals surface area (Å²) in [6.07, 6.45) is 3.71. The number of hydrogen-bond donors (Lipinski definition) is 1. The van der Waals surface area contributed by atoms with Gasteiger partial charge in [0, 0.05) is 24.0 Å². The van der Waals surface area contributed by atoms with Crippen molar-refractivity contribution in [3.63, 3.8) is 0 Å². The lowest BCUT2D eigenvalue weighted by atomic mass is 10.1. The number of para-hydroxylation sites is 2. The highest BCUT2D eigenvalue weighted by molar-refractivity contribution is 6.31. The molecule has 3 aromatic rings. The fourth-order valence-corrected chi connectivity index (χ4v) is 2.38. The van der Waals surface area contributed by atoms with E-state index in [2.05, 4.69) is 16.5 Å². The molecule has 0 saturated heterocycles. The number of aromatic nitrogens is 2. The molecular weight excluding hydrogens is 282 g/mol. The van der Waals surface area contributed by atoms with Crippen LogP contribution >= 0.6 is 11.6 Å². The smallest absolute Gasteiger partial charge is 0.0876 e. The SMILES string of the molecule is Cc1ccc(CNc2ccccc2-n2cccn2)cc1Cl. The Bertz CT molecular complexity index is 736. The van der Waals surface area contributed by atoms with Crippen LogP contribution in [0.4, 0.5) is 5.69 Å². The monoisotopic (exact) mass is 297 g/mol. The minimum atomic E-state index is 0.721. The maximum Gasteiger partial charge on any atom is 0.0876 e. The van der Waals surface area contributed by atoms with Crippen LogP contribution in [0.25, 0.3) is 5.69 Å². The molecule has 0 aliphatic carbocycles. The third kappa shape index (κ3) is 3.09. The molecule has 2 aromatic carbocycles. The molecule has 1 aromatic heterocycles. The van der Waals surface area contributed by atoms with Gasteiger partial charge < -0.3 is 5.32 Å². The molecule has 0 spiro atoms. The van der Waals surface area contributed by atoms with Crippen LogP contribution in [-0.4, -0.2) is 9.78 Å². The second-order valence-corrected chi connectivity index (χ2v) is 5.31. The van der Waals surface area contributed by atoms with Gasteiger partial charge in [0.1, 0.15) is 0 Å². The maximum atomic E-state index is 6.17.